The van der Waals surface area contributed by atoms with E-state index in [1.54, 1.807) is 18.2 Å². The molecule has 0 radical (unpaired) electrons. The van der Waals surface area contributed by atoms with E-state index in [1.807, 2.05) is 0 Å². The topological polar surface area (TPSA) is 144 Å². The summed E-state index contributed by atoms with van der Waals surface area (Å²) in [5.41, 5.74) is 9.39. The largest absolute Gasteiger partial charge is 0.385 e. The highest BCUT2D eigenvalue weighted by atomic mass is 16.2. The van der Waals surface area contributed by atoms with Gasteiger partial charge in [0, 0.05) is 30.1 Å². The van der Waals surface area contributed by atoms with Crippen LogP contribution in [0.25, 0.3) is 10.4 Å². The lowest BCUT2D eigenvalue weighted by Gasteiger charge is -2.27. The summed E-state index contributed by atoms with van der Waals surface area (Å²) in [5, 5.41) is 8.78. The number of hydrogen-bond donors (Lipinski definition) is 2. The fourth-order valence-electron chi connectivity index (χ4n) is 3.17. The fraction of sp³-hybridized carbons (Fsp3) is 0.412. The molecule has 4 amide bonds. The minimum Gasteiger partial charge on any atom is -0.385 e. The third-order valence-electron chi connectivity index (χ3n) is 4.52. The zero-order valence-electron chi connectivity index (χ0n) is 14.5. The van der Waals surface area contributed by atoms with Crippen LogP contribution in [0.4, 0.5) is 5.69 Å². The summed E-state index contributed by atoms with van der Waals surface area (Å²) in [6, 6.07) is 3.89. The Bertz CT molecular complexity index is 861. The third-order valence-corrected chi connectivity index (χ3v) is 4.52. The van der Waals surface area contributed by atoms with Crippen LogP contribution in [0.2, 0.25) is 0 Å². The molecule has 1 aromatic rings. The molecule has 1 unspecified atom stereocenters. The molecule has 2 aliphatic heterocycles. The number of unbranched alkanes of at least 4 members (excludes halogenated alkanes) is 1. The van der Waals surface area contributed by atoms with Crippen molar-refractivity contribution < 1.29 is 19.2 Å². The molecule has 10 heteroatoms. The van der Waals surface area contributed by atoms with E-state index in [0.29, 0.717) is 18.8 Å². The molecule has 1 atom stereocenters. The van der Waals surface area contributed by atoms with Crippen LogP contribution in [0.5, 0.6) is 0 Å². The van der Waals surface area contributed by atoms with Crippen LogP contribution in [0.1, 0.15) is 46.4 Å². The minimum absolute atomic E-state index is 0.0897. The lowest BCUT2D eigenvalue weighted by molar-refractivity contribution is -0.136. The van der Waals surface area contributed by atoms with Crippen molar-refractivity contribution >= 4 is 29.3 Å². The predicted molar refractivity (Wildman–Crippen MR) is 94.9 cm³/mol. The van der Waals surface area contributed by atoms with Gasteiger partial charge in [0.2, 0.25) is 11.8 Å². The van der Waals surface area contributed by atoms with Gasteiger partial charge in [0.05, 0.1) is 11.1 Å². The second-order valence-corrected chi connectivity index (χ2v) is 6.30. The summed E-state index contributed by atoms with van der Waals surface area (Å²) in [6.45, 7) is 1.05. The lowest BCUT2D eigenvalue weighted by Crippen LogP contribution is -2.54. The summed E-state index contributed by atoms with van der Waals surface area (Å²) in [6.07, 6.45) is 1.74. The molecule has 10 nitrogen and oxygen atoms in total. The Morgan fingerprint density at radius 2 is 1.96 bits per heavy atom. The Balaban J connectivity index is 1.68. The molecule has 0 spiro atoms. The molecule has 2 N–H and O–H groups in total. The highest BCUT2D eigenvalue weighted by Gasteiger charge is 2.44. The average Bonchev–Trinajstić information content (AvgIpc) is 2.89. The van der Waals surface area contributed by atoms with Crippen molar-refractivity contribution in [2.24, 2.45) is 5.11 Å². The smallest absolute Gasteiger partial charge is 0.262 e. The van der Waals surface area contributed by atoms with Crippen molar-refractivity contribution in [3.63, 3.8) is 0 Å². The molecule has 0 aromatic heterocycles. The van der Waals surface area contributed by atoms with Gasteiger partial charge in [0.15, 0.2) is 0 Å². The number of carbonyl (C=O) groups is 4. The molecule has 3 rings (SSSR count). The lowest BCUT2D eigenvalue weighted by atomic mass is 10.0. The first-order chi connectivity index (χ1) is 13.0. The Morgan fingerprint density at radius 1 is 1.19 bits per heavy atom. The van der Waals surface area contributed by atoms with Crippen LogP contribution < -0.4 is 10.6 Å². The molecule has 2 heterocycles. The minimum atomic E-state index is -0.966. The molecule has 0 bridgehead atoms. The Kier molecular flexibility index (Phi) is 5.37. The Labute approximate surface area is 154 Å². The van der Waals surface area contributed by atoms with Crippen LogP contribution in [-0.4, -0.2) is 47.7 Å². The number of nitrogens with zero attached hydrogens (tertiary/aromatic N) is 4. The van der Waals surface area contributed by atoms with Gasteiger partial charge in [-0.05, 0) is 43.0 Å². The number of carbonyl (C=O) groups excluding carboxylic acids is 4. The maximum Gasteiger partial charge on any atom is 0.262 e. The highest BCUT2D eigenvalue weighted by molar-refractivity contribution is 6.23. The van der Waals surface area contributed by atoms with Gasteiger partial charge in [-0.3, -0.25) is 29.4 Å². The van der Waals surface area contributed by atoms with Crippen LogP contribution in [-0.2, 0) is 9.59 Å². The summed E-state index contributed by atoms with van der Waals surface area (Å²) in [5.74, 6) is -2.08. The molecular weight excluding hydrogens is 352 g/mol. The van der Waals surface area contributed by atoms with Gasteiger partial charge < -0.3 is 5.32 Å². The van der Waals surface area contributed by atoms with E-state index in [0.717, 1.165) is 17.7 Å². The molecular formula is C17H18N6O4. The molecule has 1 saturated heterocycles. The van der Waals surface area contributed by atoms with Gasteiger partial charge in [0.25, 0.3) is 11.8 Å². The fourth-order valence-corrected chi connectivity index (χ4v) is 3.17. The number of piperidine rings is 1. The first-order valence-corrected chi connectivity index (χ1v) is 8.63. The second-order valence-electron chi connectivity index (χ2n) is 6.30. The van der Waals surface area contributed by atoms with Crippen molar-refractivity contribution in [3.8, 4) is 0 Å². The quantitative estimate of drug-likeness (QED) is 0.246. The summed E-state index contributed by atoms with van der Waals surface area (Å²) in [7, 11) is 0. The number of rotatable bonds is 7. The van der Waals surface area contributed by atoms with Gasteiger partial charge in [-0.1, -0.05) is 5.11 Å². The first-order valence-electron chi connectivity index (χ1n) is 8.63. The van der Waals surface area contributed by atoms with Crippen LogP contribution >= 0.6 is 0 Å². The van der Waals surface area contributed by atoms with Crippen LogP contribution in [0, 0.1) is 0 Å². The molecule has 0 aliphatic carbocycles. The van der Waals surface area contributed by atoms with Crippen molar-refractivity contribution in [2.75, 3.05) is 18.4 Å². The van der Waals surface area contributed by atoms with Gasteiger partial charge in [-0.15, -0.1) is 0 Å². The van der Waals surface area contributed by atoms with E-state index < -0.39 is 29.7 Å². The third kappa shape index (κ3) is 3.75. The van der Waals surface area contributed by atoms with E-state index in [2.05, 4.69) is 20.7 Å². The molecule has 0 saturated carbocycles. The monoisotopic (exact) mass is 370 g/mol. The number of azide groups is 1. The zero-order valence-corrected chi connectivity index (χ0v) is 14.5. The SMILES string of the molecule is [N-]=[N+]=NCCCCNc1ccc2c(c1)C(=O)N(C1CCC(=O)NC1=O)C2=O. The summed E-state index contributed by atoms with van der Waals surface area (Å²) < 4.78 is 0. The number of hydrogen-bond acceptors (Lipinski definition) is 6. The average molecular weight is 370 g/mol. The van der Waals surface area contributed by atoms with Gasteiger partial charge in [-0.2, -0.15) is 0 Å². The number of nitrogens with one attached hydrogen (secondary N) is 2. The molecule has 140 valence electrons. The first kappa shape index (κ1) is 18.4. The van der Waals surface area contributed by atoms with Crippen molar-refractivity contribution in [2.45, 2.75) is 31.7 Å². The number of anilines is 1. The molecule has 2 aliphatic rings. The molecule has 27 heavy (non-hydrogen) atoms. The predicted octanol–water partition coefficient (Wildman–Crippen LogP) is 1.59. The van der Waals surface area contributed by atoms with Crippen molar-refractivity contribution in [1.29, 1.82) is 0 Å². The Morgan fingerprint density at radius 3 is 2.70 bits per heavy atom. The van der Waals surface area contributed by atoms with Crippen molar-refractivity contribution in [3.05, 3.63) is 39.8 Å². The molecule has 1 aromatic carbocycles. The summed E-state index contributed by atoms with van der Waals surface area (Å²) >= 11 is 0. The maximum absolute atomic E-state index is 12.7. The van der Waals surface area contributed by atoms with E-state index in [1.165, 1.54) is 0 Å². The number of benzene rings is 1. The van der Waals surface area contributed by atoms with E-state index >= 15 is 0 Å². The van der Waals surface area contributed by atoms with Gasteiger partial charge in [-0.25, -0.2) is 0 Å². The van der Waals surface area contributed by atoms with Crippen LogP contribution in [0.15, 0.2) is 23.3 Å². The van der Waals surface area contributed by atoms with E-state index in [9.17, 15) is 19.2 Å². The Hall–Kier alpha value is -3.39. The van der Waals surface area contributed by atoms with E-state index in [4.69, 9.17) is 5.53 Å². The van der Waals surface area contributed by atoms with Gasteiger partial charge >= 0.3 is 0 Å². The number of fused-ring (bicyclic) bond motifs is 1. The van der Waals surface area contributed by atoms with E-state index in [-0.39, 0.29) is 24.0 Å². The summed E-state index contributed by atoms with van der Waals surface area (Å²) in [4.78, 5) is 52.2. The molecule has 1 fully saturated rings. The number of imide groups is 2. The standard InChI is InChI=1S/C17H18N6O4/c18-22-20-8-2-1-7-19-10-3-4-11-12(9-10)17(27)23(16(11)26)13-5-6-14(24)21-15(13)25/h3-4,9,13,19H,1-2,5-8H2,(H,21,24,25). The zero-order chi connectivity index (χ0) is 19.4. The highest BCUT2D eigenvalue weighted by Crippen LogP contribution is 2.29. The number of amides is 4. The van der Waals surface area contributed by atoms with Crippen LogP contribution in [0.3, 0.4) is 0 Å². The normalized spacial score (nSPS) is 18.8. The van der Waals surface area contributed by atoms with Gasteiger partial charge in [0.1, 0.15) is 6.04 Å². The maximum atomic E-state index is 12.7. The second kappa shape index (κ2) is 7.88. The van der Waals surface area contributed by atoms with Crippen molar-refractivity contribution in [1.82, 2.24) is 10.2 Å².